The third-order valence-corrected chi connectivity index (χ3v) is 2.91. The zero-order chi connectivity index (χ0) is 9.64. The maximum atomic E-state index is 4.24. The summed E-state index contributed by atoms with van der Waals surface area (Å²) in [6.45, 7) is 2.38. The average Bonchev–Trinajstić information content (AvgIpc) is 2.29. The van der Waals surface area contributed by atoms with Crippen LogP contribution in [0, 0.1) is 5.92 Å². The average molecular weight is 191 g/mol. The number of rotatable bonds is 3. The number of hydrogen-bond acceptors (Lipinski definition) is 3. The smallest absolute Gasteiger partial charge is 0.115 e. The Morgan fingerprint density at radius 3 is 2.93 bits per heavy atom. The molecule has 0 spiro atoms. The number of nitrogens with zero attached hydrogens (tertiary/aromatic N) is 2. The molecule has 0 unspecified atom stereocenters. The van der Waals surface area contributed by atoms with Crippen molar-refractivity contribution in [2.24, 2.45) is 5.92 Å². The standard InChI is InChI=1S/C11H17N3/c1(10-3-6-12-7-4-10)2-11-5-8-13-9-14-11/h5,8-10,12H,1-4,6-7H2. The third kappa shape index (κ3) is 2.77. The minimum absolute atomic E-state index is 0.895. The van der Waals surface area contributed by atoms with Crippen molar-refractivity contribution in [1.29, 1.82) is 0 Å². The number of aromatic nitrogens is 2. The first kappa shape index (κ1) is 9.59. The summed E-state index contributed by atoms with van der Waals surface area (Å²) >= 11 is 0. The molecule has 1 aromatic rings. The van der Waals surface area contributed by atoms with Gasteiger partial charge in [0, 0.05) is 11.9 Å². The normalized spacial score (nSPS) is 18.3. The lowest BCUT2D eigenvalue weighted by Gasteiger charge is -2.22. The molecule has 1 aromatic heterocycles. The number of hydrogen-bond donors (Lipinski definition) is 1. The summed E-state index contributed by atoms with van der Waals surface area (Å²) < 4.78 is 0. The lowest BCUT2D eigenvalue weighted by Crippen LogP contribution is -2.27. The monoisotopic (exact) mass is 191 g/mol. The predicted molar refractivity (Wildman–Crippen MR) is 55.9 cm³/mol. The van der Waals surface area contributed by atoms with E-state index in [1.165, 1.54) is 38.0 Å². The summed E-state index contributed by atoms with van der Waals surface area (Å²) in [5.74, 6) is 0.895. The van der Waals surface area contributed by atoms with E-state index in [0.717, 1.165) is 12.3 Å². The van der Waals surface area contributed by atoms with Crippen molar-refractivity contribution >= 4 is 0 Å². The van der Waals surface area contributed by atoms with E-state index in [0.29, 0.717) is 0 Å². The van der Waals surface area contributed by atoms with E-state index < -0.39 is 0 Å². The summed E-state index contributed by atoms with van der Waals surface area (Å²) in [4.78, 5) is 8.16. The van der Waals surface area contributed by atoms with E-state index >= 15 is 0 Å². The molecule has 0 atom stereocenters. The molecule has 2 rings (SSSR count). The fourth-order valence-corrected chi connectivity index (χ4v) is 1.99. The van der Waals surface area contributed by atoms with Gasteiger partial charge in [-0.2, -0.15) is 0 Å². The molecular weight excluding hydrogens is 174 g/mol. The summed E-state index contributed by atoms with van der Waals surface area (Å²) in [5, 5.41) is 3.39. The van der Waals surface area contributed by atoms with E-state index in [1.54, 1.807) is 6.33 Å². The molecule has 3 heteroatoms. The first-order valence-electron chi connectivity index (χ1n) is 5.41. The Bertz CT molecular complexity index is 254. The Balaban J connectivity index is 1.76. The highest BCUT2D eigenvalue weighted by molar-refractivity contribution is 4.97. The second-order valence-electron chi connectivity index (χ2n) is 3.93. The molecule has 1 aliphatic rings. The Hall–Kier alpha value is -0.960. The van der Waals surface area contributed by atoms with Gasteiger partial charge < -0.3 is 5.32 Å². The van der Waals surface area contributed by atoms with Gasteiger partial charge in [0.1, 0.15) is 6.33 Å². The second kappa shape index (κ2) is 5.05. The van der Waals surface area contributed by atoms with Crippen LogP contribution in [0.2, 0.25) is 0 Å². The van der Waals surface area contributed by atoms with E-state index in [2.05, 4.69) is 15.3 Å². The molecule has 76 valence electrons. The minimum atomic E-state index is 0.895. The Labute approximate surface area is 85.0 Å². The van der Waals surface area contributed by atoms with Crippen LogP contribution in [0.25, 0.3) is 0 Å². The van der Waals surface area contributed by atoms with Crippen LogP contribution < -0.4 is 5.32 Å². The molecule has 1 fully saturated rings. The topological polar surface area (TPSA) is 37.8 Å². The largest absolute Gasteiger partial charge is 0.317 e. The third-order valence-electron chi connectivity index (χ3n) is 2.91. The van der Waals surface area contributed by atoms with Gasteiger partial charge in [-0.15, -0.1) is 0 Å². The lowest BCUT2D eigenvalue weighted by atomic mass is 9.92. The molecule has 1 N–H and O–H groups in total. The van der Waals surface area contributed by atoms with Gasteiger partial charge in [-0.1, -0.05) is 0 Å². The summed E-state index contributed by atoms with van der Waals surface area (Å²) in [6, 6.07) is 2.01. The summed E-state index contributed by atoms with van der Waals surface area (Å²) in [5.41, 5.74) is 1.18. The molecule has 0 amide bonds. The quantitative estimate of drug-likeness (QED) is 0.785. The van der Waals surface area contributed by atoms with Crippen molar-refractivity contribution in [2.45, 2.75) is 25.7 Å². The van der Waals surface area contributed by atoms with Crippen LogP contribution in [0.15, 0.2) is 18.6 Å². The number of piperidine rings is 1. The van der Waals surface area contributed by atoms with Crippen molar-refractivity contribution in [3.63, 3.8) is 0 Å². The highest BCUT2D eigenvalue weighted by atomic mass is 14.9. The lowest BCUT2D eigenvalue weighted by molar-refractivity contribution is 0.353. The first-order chi connectivity index (χ1) is 6.95. The predicted octanol–water partition coefficient (Wildman–Crippen LogP) is 1.41. The van der Waals surface area contributed by atoms with Crippen LogP contribution in [-0.2, 0) is 6.42 Å². The van der Waals surface area contributed by atoms with Crippen molar-refractivity contribution in [1.82, 2.24) is 15.3 Å². The first-order valence-corrected chi connectivity index (χ1v) is 5.41. The Morgan fingerprint density at radius 2 is 2.21 bits per heavy atom. The molecule has 0 bridgehead atoms. The van der Waals surface area contributed by atoms with Crippen LogP contribution in [0.1, 0.15) is 25.0 Å². The van der Waals surface area contributed by atoms with Crippen molar-refractivity contribution in [3.8, 4) is 0 Å². The Morgan fingerprint density at radius 1 is 1.36 bits per heavy atom. The fraction of sp³-hybridized carbons (Fsp3) is 0.636. The molecule has 2 heterocycles. The van der Waals surface area contributed by atoms with Crippen LogP contribution >= 0.6 is 0 Å². The highest BCUT2D eigenvalue weighted by Crippen LogP contribution is 2.17. The maximum Gasteiger partial charge on any atom is 0.115 e. The van der Waals surface area contributed by atoms with E-state index in [9.17, 15) is 0 Å². The van der Waals surface area contributed by atoms with Crippen molar-refractivity contribution in [3.05, 3.63) is 24.3 Å². The molecule has 1 saturated heterocycles. The van der Waals surface area contributed by atoms with Gasteiger partial charge in [0.25, 0.3) is 0 Å². The fourth-order valence-electron chi connectivity index (χ4n) is 1.99. The Kier molecular flexibility index (Phi) is 3.46. The van der Waals surface area contributed by atoms with E-state index in [1.807, 2.05) is 12.3 Å². The molecule has 1 aliphatic heterocycles. The maximum absolute atomic E-state index is 4.24. The van der Waals surface area contributed by atoms with E-state index in [-0.39, 0.29) is 0 Å². The number of aryl methyl sites for hydroxylation is 1. The number of nitrogens with one attached hydrogen (secondary N) is 1. The molecular formula is C11H17N3. The molecule has 0 radical (unpaired) electrons. The van der Waals surface area contributed by atoms with Gasteiger partial charge in [0.05, 0.1) is 0 Å². The van der Waals surface area contributed by atoms with Crippen LogP contribution in [0.3, 0.4) is 0 Å². The molecule has 3 nitrogen and oxygen atoms in total. The summed E-state index contributed by atoms with van der Waals surface area (Å²) in [6.07, 6.45) is 8.49. The van der Waals surface area contributed by atoms with Gasteiger partial charge in [-0.3, -0.25) is 0 Å². The van der Waals surface area contributed by atoms with Gasteiger partial charge in [0.15, 0.2) is 0 Å². The zero-order valence-corrected chi connectivity index (χ0v) is 8.45. The summed E-state index contributed by atoms with van der Waals surface area (Å²) in [7, 11) is 0. The van der Waals surface area contributed by atoms with Gasteiger partial charge in [-0.25, -0.2) is 9.97 Å². The second-order valence-corrected chi connectivity index (χ2v) is 3.93. The van der Waals surface area contributed by atoms with Crippen molar-refractivity contribution < 1.29 is 0 Å². The molecule has 0 aromatic carbocycles. The van der Waals surface area contributed by atoms with Crippen molar-refractivity contribution in [2.75, 3.05) is 13.1 Å². The highest BCUT2D eigenvalue weighted by Gasteiger charge is 2.12. The zero-order valence-electron chi connectivity index (χ0n) is 8.45. The van der Waals surface area contributed by atoms with Gasteiger partial charge in [-0.05, 0) is 50.8 Å². The SMILES string of the molecule is c1cc(CCC2CCNCC2)ncn1. The molecule has 0 saturated carbocycles. The molecule has 0 aliphatic carbocycles. The minimum Gasteiger partial charge on any atom is -0.317 e. The molecule has 14 heavy (non-hydrogen) atoms. The van der Waals surface area contributed by atoms with Crippen LogP contribution in [0.4, 0.5) is 0 Å². The van der Waals surface area contributed by atoms with Crippen LogP contribution in [0.5, 0.6) is 0 Å². The van der Waals surface area contributed by atoms with Crippen LogP contribution in [-0.4, -0.2) is 23.1 Å². The van der Waals surface area contributed by atoms with Gasteiger partial charge in [0.2, 0.25) is 0 Å². The van der Waals surface area contributed by atoms with E-state index in [4.69, 9.17) is 0 Å². The van der Waals surface area contributed by atoms with Gasteiger partial charge >= 0.3 is 0 Å².